The van der Waals surface area contributed by atoms with Gasteiger partial charge in [0.05, 0.1) is 25.8 Å². The summed E-state index contributed by atoms with van der Waals surface area (Å²) in [6.07, 6.45) is -0.162. The first kappa shape index (κ1) is 24.3. The van der Waals surface area contributed by atoms with E-state index in [1.54, 1.807) is 38.1 Å². The molecule has 0 aliphatic rings. The number of hydrogen-bond acceptors (Lipinski definition) is 6. The summed E-state index contributed by atoms with van der Waals surface area (Å²) in [5, 5.41) is 0. The SMILES string of the molecule is CCC(=O)c1c(C(N)=O)ccc(S(=O)(=O)c2ccccc2C)c1S(=O)(=O)c1ccccc1C. The van der Waals surface area contributed by atoms with Gasteiger partial charge in [0.25, 0.3) is 0 Å². The second-order valence-corrected chi connectivity index (χ2v) is 11.2. The van der Waals surface area contributed by atoms with Crippen LogP contribution in [-0.2, 0) is 19.7 Å². The fourth-order valence-electron chi connectivity index (χ4n) is 3.65. The molecule has 3 aromatic rings. The minimum Gasteiger partial charge on any atom is -0.366 e. The fourth-order valence-corrected chi connectivity index (χ4v) is 7.68. The van der Waals surface area contributed by atoms with E-state index in [0.29, 0.717) is 11.1 Å². The average molecular weight is 486 g/mol. The van der Waals surface area contributed by atoms with Gasteiger partial charge in [0.2, 0.25) is 25.6 Å². The van der Waals surface area contributed by atoms with Crippen LogP contribution in [0.15, 0.2) is 80.2 Å². The predicted molar refractivity (Wildman–Crippen MR) is 123 cm³/mol. The normalized spacial score (nSPS) is 11.8. The maximum atomic E-state index is 13.9. The van der Waals surface area contributed by atoms with E-state index in [1.807, 2.05) is 0 Å². The van der Waals surface area contributed by atoms with Crippen LogP contribution >= 0.6 is 0 Å². The molecule has 0 radical (unpaired) electrons. The number of aryl methyl sites for hydroxylation is 2. The summed E-state index contributed by atoms with van der Waals surface area (Å²) in [4.78, 5) is 23.5. The molecule has 0 saturated heterocycles. The molecule has 0 spiro atoms. The van der Waals surface area contributed by atoms with Crippen LogP contribution in [-0.4, -0.2) is 28.5 Å². The van der Waals surface area contributed by atoms with Crippen molar-refractivity contribution in [3.05, 3.63) is 82.9 Å². The van der Waals surface area contributed by atoms with Crippen molar-refractivity contribution in [2.24, 2.45) is 5.73 Å². The Bertz CT molecular complexity index is 1490. The summed E-state index contributed by atoms with van der Waals surface area (Å²) in [6, 6.07) is 14.2. The molecule has 9 heteroatoms. The largest absolute Gasteiger partial charge is 0.366 e. The van der Waals surface area contributed by atoms with E-state index in [-0.39, 0.29) is 21.8 Å². The molecule has 172 valence electrons. The summed E-state index contributed by atoms with van der Waals surface area (Å²) in [7, 11) is -8.95. The van der Waals surface area contributed by atoms with E-state index in [4.69, 9.17) is 5.73 Å². The number of ketones is 1. The zero-order valence-electron chi connectivity index (χ0n) is 18.3. The van der Waals surface area contributed by atoms with Crippen molar-refractivity contribution >= 4 is 31.4 Å². The van der Waals surface area contributed by atoms with Gasteiger partial charge in [0, 0.05) is 6.42 Å². The number of amides is 1. The van der Waals surface area contributed by atoms with Gasteiger partial charge in [-0.15, -0.1) is 0 Å². The Morgan fingerprint density at radius 1 is 0.727 bits per heavy atom. The third kappa shape index (κ3) is 4.21. The first-order valence-electron chi connectivity index (χ1n) is 10.1. The molecule has 0 bridgehead atoms. The topological polar surface area (TPSA) is 128 Å². The highest BCUT2D eigenvalue weighted by atomic mass is 32.2. The number of Topliss-reactive ketones (excluding diaryl/α,β-unsaturated/α-hetero) is 1. The molecule has 0 aliphatic heterocycles. The van der Waals surface area contributed by atoms with Crippen molar-refractivity contribution < 1.29 is 26.4 Å². The van der Waals surface area contributed by atoms with E-state index in [0.717, 1.165) is 12.1 Å². The number of sulfone groups is 2. The molecule has 0 atom stereocenters. The van der Waals surface area contributed by atoms with Gasteiger partial charge in [-0.2, -0.15) is 0 Å². The maximum absolute atomic E-state index is 13.9. The van der Waals surface area contributed by atoms with Crippen molar-refractivity contribution in [1.29, 1.82) is 0 Å². The van der Waals surface area contributed by atoms with Crippen molar-refractivity contribution in [2.45, 2.75) is 46.8 Å². The van der Waals surface area contributed by atoms with E-state index in [9.17, 15) is 26.4 Å². The average Bonchev–Trinajstić information content (AvgIpc) is 2.77. The molecule has 0 unspecified atom stereocenters. The standard InChI is InChI=1S/C24H23NO6S2/c1-4-18(26)22-17(24(25)27)13-14-21(32(28,29)19-11-7-5-9-15(19)2)23(22)33(30,31)20-12-8-6-10-16(20)3/h5-14H,4H2,1-3H3,(H2,25,27). The summed E-state index contributed by atoms with van der Waals surface area (Å²) in [5.74, 6) is -1.74. The molecule has 0 fully saturated rings. The lowest BCUT2D eigenvalue weighted by molar-refractivity contribution is 0.0957. The second-order valence-electron chi connectivity index (χ2n) is 7.49. The van der Waals surface area contributed by atoms with Crippen LogP contribution in [0.5, 0.6) is 0 Å². The molecular formula is C24H23NO6S2. The lowest BCUT2D eigenvalue weighted by Crippen LogP contribution is -2.23. The fraction of sp³-hybridized carbons (Fsp3) is 0.167. The van der Waals surface area contributed by atoms with E-state index >= 15 is 0 Å². The van der Waals surface area contributed by atoms with Crippen LogP contribution in [0.1, 0.15) is 45.2 Å². The molecule has 3 rings (SSSR count). The zero-order valence-corrected chi connectivity index (χ0v) is 20.0. The van der Waals surface area contributed by atoms with Gasteiger partial charge in [0.15, 0.2) is 5.78 Å². The first-order chi connectivity index (χ1) is 15.4. The quantitative estimate of drug-likeness (QED) is 0.509. The number of carbonyl (C=O) groups is 2. The van der Waals surface area contributed by atoms with Crippen molar-refractivity contribution in [2.75, 3.05) is 0 Å². The molecule has 7 nitrogen and oxygen atoms in total. The lowest BCUT2D eigenvalue weighted by atomic mass is 10.0. The third-order valence-corrected chi connectivity index (χ3v) is 9.40. The Hall–Kier alpha value is -3.30. The van der Waals surface area contributed by atoms with Gasteiger partial charge in [-0.1, -0.05) is 43.3 Å². The lowest BCUT2D eigenvalue weighted by Gasteiger charge is -2.19. The molecule has 0 saturated carbocycles. The minimum absolute atomic E-state index is 0.104. The van der Waals surface area contributed by atoms with Gasteiger partial charge in [-0.05, 0) is 49.2 Å². The van der Waals surface area contributed by atoms with Crippen LogP contribution in [0.2, 0.25) is 0 Å². The summed E-state index contributed by atoms with van der Waals surface area (Å²) in [5.41, 5.74) is 5.35. The number of rotatable bonds is 7. The molecule has 0 heterocycles. The van der Waals surface area contributed by atoms with Crippen LogP contribution < -0.4 is 5.73 Å². The zero-order chi connectivity index (χ0) is 24.6. The van der Waals surface area contributed by atoms with Crippen LogP contribution in [0.3, 0.4) is 0 Å². The number of hydrogen-bond donors (Lipinski definition) is 1. The number of nitrogens with two attached hydrogens (primary N) is 1. The summed E-state index contributed by atoms with van der Waals surface area (Å²) >= 11 is 0. The highest BCUT2D eigenvalue weighted by molar-refractivity contribution is 7.94. The van der Waals surface area contributed by atoms with Crippen LogP contribution in [0.4, 0.5) is 0 Å². The van der Waals surface area contributed by atoms with E-state index in [2.05, 4.69) is 0 Å². The predicted octanol–water partition coefficient (Wildman–Crippen LogP) is 3.66. The molecule has 33 heavy (non-hydrogen) atoms. The van der Waals surface area contributed by atoms with Crippen LogP contribution in [0.25, 0.3) is 0 Å². The highest BCUT2D eigenvalue weighted by Gasteiger charge is 2.36. The van der Waals surface area contributed by atoms with Crippen molar-refractivity contribution in [1.82, 2.24) is 0 Å². The minimum atomic E-state index is -4.55. The molecule has 1 amide bonds. The van der Waals surface area contributed by atoms with Gasteiger partial charge in [0.1, 0.15) is 4.90 Å². The Labute approximate surface area is 193 Å². The second kappa shape index (κ2) is 8.92. The molecule has 3 aromatic carbocycles. The summed E-state index contributed by atoms with van der Waals surface area (Å²) in [6.45, 7) is 4.62. The number of primary amides is 1. The van der Waals surface area contributed by atoms with Crippen LogP contribution in [0, 0.1) is 13.8 Å². The maximum Gasteiger partial charge on any atom is 0.249 e. The Balaban J connectivity index is 2.57. The Morgan fingerprint density at radius 3 is 1.67 bits per heavy atom. The van der Waals surface area contributed by atoms with Crippen molar-refractivity contribution in [3.63, 3.8) is 0 Å². The van der Waals surface area contributed by atoms with Gasteiger partial charge < -0.3 is 5.73 Å². The van der Waals surface area contributed by atoms with Gasteiger partial charge >= 0.3 is 0 Å². The summed E-state index contributed by atoms with van der Waals surface area (Å²) < 4.78 is 55.2. The monoisotopic (exact) mass is 485 g/mol. The Morgan fingerprint density at radius 2 is 1.21 bits per heavy atom. The highest BCUT2D eigenvalue weighted by Crippen LogP contribution is 2.37. The Kier molecular flexibility index (Phi) is 6.58. The number of benzene rings is 3. The van der Waals surface area contributed by atoms with Crippen molar-refractivity contribution in [3.8, 4) is 0 Å². The smallest absolute Gasteiger partial charge is 0.249 e. The first-order valence-corrected chi connectivity index (χ1v) is 13.0. The molecule has 0 aromatic heterocycles. The third-order valence-electron chi connectivity index (χ3n) is 5.31. The van der Waals surface area contributed by atoms with Gasteiger partial charge in [-0.25, -0.2) is 16.8 Å². The van der Waals surface area contributed by atoms with Gasteiger partial charge in [-0.3, -0.25) is 9.59 Å². The van der Waals surface area contributed by atoms with E-state index in [1.165, 1.54) is 31.2 Å². The van der Waals surface area contributed by atoms with E-state index < -0.39 is 46.7 Å². The number of carbonyl (C=O) groups excluding carboxylic acids is 2. The molecule has 2 N–H and O–H groups in total. The molecule has 0 aliphatic carbocycles. The molecular weight excluding hydrogens is 462 g/mol.